The predicted molar refractivity (Wildman–Crippen MR) is 87.8 cm³/mol. The summed E-state index contributed by atoms with van der Waals surface area (Å²) >= 11 is 1.47. The van der Waals surface area contributed by atoms with Crippen molar-refractivity contribution in [2.24, 2.45) is 0 Å². The van der Waals surface area contributed by atoms with E-state index in [2.05, 4.69) is 11.1 Å². The summed E-state index contributed by atoms with van der Waals surface area (Å²) in [5, 5.41) is 19.9. The van der Waals surface area contributed by atoms with Crippen LogP contribution < -0.4 is 4.74 Å². The lowest BCUT2D eigenvalue weighted by atomic mass is 10.1. The zero-order valence-corrected chi connectivity index (χ0v) is 12.6. The van der Waals surface area contributed by atoms with Crippen molar-refractivity contribution in [1.82, 2.24) is 4.98 Å². The molecule has 0 bridgehead atoms. The van der Waals surface area contributed by atoms with Crippen LogP contribution in [0.15, 0.2) is 42.5 Å². The number of aromatic nitrogens is 1. The molecule has 1 N–H and O–H groups in total. The van der Waals surface area contributed by atoms with Crippen LogP contribution >= 0.6 is 11.3 Å². The summed E-state index contributed by atoms with van der Waals surface area (Å²) in [6.07, 6.45) is 1.71. The molecule has 4 nitrogen and oxygen atoms in total. The Labute approximate surface area is 131 Å². The molecule has 0 saturated carbocycles. The first-order chi connectivity index (χ1) is 10.7. The molecular formula is C17H12N2O2S. The molecule has 0 atom stereocenters. The van der Waals surface area contributed by atoms with Gasteiger partial charge in [0, 0.05) is 0 Å². The number of methoxy groups -OCH3 is 1. The minimum atomic E-state index is 0.0397. The fraction of sp³-hybridized carbons (Fsp3) is 0.0588. The van der Waals surface area contributed by atoms with Crippen LogP contribution in [-0.2, 0) is 0 Å². The van der Waals surface area contributed by atoms with Gasteiger partial charge in [0.25, 0.3) is 0 Å². The lowest BCUT2D eigenvalue weighted by molar-refractivity contribution is 0.373. The number of hydrogen-bond donors (Lipinski definition) is 1. The highest BCUT2D eigenvalue weighted by molar-refractivity contribution is 7.19. The van der Waals surface area contributed by atoms with E-state index < -0.39 is 0 Å². The summed E-state index contributed by atoms with van der Waals surface area (Å²) in [6.45, 7) is 0. The van der Waals surface area contributed by atoms with Gasteiger partial charge in [0.2, 0.25) is 0 Å². The maximum Gasteiger partial charge on any atom is 0.160 e. The van der Waals surface area contributed by atoms with Gasteiger partial charge in [-0.05, 0) is 35.9 Å². The summed E-state index contributed by atoms with van der Waals surface area (Å²) in [6, 6.07) is 14.9. The highest BCUT2D eigenvalue weighted by atomic mass is 32.1. The van der Waals surface area contributed by atoms with Gasteiger partial charge < -0.3 is 9.84 Å². The van der Waals surface area contributed by atoms with Gasteiger partial charge in [0.05, 0.1) is 22.9 Å². The number of nitriles is 1. The second-order valence-corrected chi connectivity index (χ2v) is 5.62. The van der Waals surface area contributed by atoms with Gasteiger partial charge in [0.15, 0.2) is 11.5 Å². The van der Waals surface area contributed by atoms with Crippen molar-refractivity contribution >= 4 is 33.2 Å². The standard InChI is InChI=1S/C17H12N2O2S/c1-21-15-7-6-11(9-14(15)20)8-12(10-18)17-19-13-4-2-3-5-16(13)22-17/h2-9,20H,1H3/b12-8+. The quantitative estimate of drug-likeness (QED) is 0.741. The number of phenols is 1. The summed E-state index contributed by atoms with van der Waals surface area (Å²) in [4.78, 5) is 4.48. The zero-order valence-electron chi connectivity index (χ0n) is 11.8. The number of ether oxygens (including phenoxy) is 1. The van der Waals surface area contributed by atoms with E-state index in [1.807, 2.05) is 24.3 Å². The van der Waals surface area contributed by atoms with E-state index in [0.29, 0.717) is 21.9 Å². The van der Waals surface area contributed by atoms with Crippen LogP contribution in [0, 0.1) is 11.3 Å². The second-order valence-electron chi connectivity index (χ2n) is 4.59. The van der Waals surface area contributed by atoms with Gasteiger partial charge in [-0.2, -0.15) is 5.26 Å². The van der Waals surface area contributed by atoms with E-state index in [4.69, 9.17) is 4.74 Å². The molecule has 108 valence electrons. The van der Waals surface area contributed by atoms with Crippen LogP contribution in [0.1, 0.15) is 10.6 Å². The Balaban J connectivity index is 2.03. The smallest absolute Gasteiger partial charge is 0.160 e. The number of thiazole rings is 1. The SMILES string of the molecule is COc1ccc(/C=C(\C#N)c2nc3ccccc3s2)cc1O. The van der Waals surface area contributed by atoms with E-state index in [1.54, 1.807) is 24.3 Å². The minimum Gasteiger partial charge on any atom is -0.504 e. The van der Waals surface area contributed by atoms with Crippen LogP contribution in [0.5, 0.6) is 11.5 Å². The monoisotopic (exact) mass is 308 g/mol. The van der Waals surface area contributed by atoms with Crippen LogP contribution in [0.3, 0.4) is 0 Å². The van der Waals surface area contributed by atoms with Crippen LogP contribution in [0.25, 0.3) is 21.9 Å². The van der Waals surface area contributed by atoms with E-state index in [9.17, 15) is 10.4 Å². The first-order valence-corrected chi connectivity index (χ1v) is 7.37. The first-order valence-electron chi connectivity index (χ1n) is 6.56. The van der Waals surface area contributed by atoms with Crippen molar-refractivity contribution in [3.63, 3.8) is 0 Å². The molecule has 5 heteroatoms. The largest absolute Gasteiger partial charge is 0.504 e. The van der Waals surface area contributed by atoms with E-state index in [-0.39, 0.29) is 5.75 Å². The van der Waals surface area contributed by atoms with E-state index in [0.717, 1.165) is 10.2 Å². The molecule has 0 aliphatic heterocycles. The number of aromatic hydroxyl groups is 1. The fourth-order valence-electron chi connectivity index (χ4n) is 2.09. The maximum absolute atomic E-state index is 9.81. The van der Waals surface area contributed by atoms with Crippen molar-refractivity contribution in [2.45, 2.75) is 0 Å². The second kappa shape index (κ2) is 5.88. The number of nitrogens with zero attached hydrogens (tertiary/aromatic N) is 2. The van der Waals surface area contributed by atoms with Gasteiger partial charge >= 0.3 is 0 Å². The average molecular weight is 308 g/mol. The van der Waals surface area contributed by atoms with Crippen LogP contribution in [0.2, 0.25) is 0 Å². The number of phenolic OH excluding ortho intramolecular Hbond substituents is 1. The normalized spacial score (nSPS) is 11.4. The number of para-hydroxylation sites is 1. The summed E-state index contributed by atoms with van der Waals surface area (Å²) < 4.78 is 6.05. The highest BCUT2D eigenvalue weighted by Crippen LogP contribution is 2.30. The van der Waals surface area contributed by atoms with Crippen molar-refractivity contribution in [3.8, 4) is 17.6 Å². The third-order valence-electron chi connectivity index (χ3n) is 3.16. The number of allylic oxidation sites excluding steroid dienone is 1. The first kappa shape index (κ1) is 14.1. The lowest BCUT2D eigenvalue weighted by Gasteiger charge is -2.03. The Morgan fingerprint density at radius 2 is 2.14 bits per heavy atom. The Hall–Kier alpha value is -2.84. The van der Waals surface area contributed by atoms with Gasteiger partial charge in [0.1, 0.15) is 11.1 Å². The lowest BCUT2D eigenvalue weighted by Crippen LogP contribution is -1.85. The van der Waals surface area contributed by atoms with Gasteiger partial charge in [-0.25, -0.2) is 4.98 Å². The minimum absolute atomic E-state index is 0.0397. The van der Waals surface area contributed by atoms with Gasteiger partial charge in [-0.15, -0.1) is 11.3 Å². The number of hydrogen-bond acceptors (Lipinski definition) is 5. The fourth-order valence-corrected chi connectivity index (χ4v) is 3.02. The van der Waals surface area contributed by atoms with Crippen molar-refractivity contribution in [1.29, 1.82) is 5.26 Å². The molecular weight excluding hydrogens is 296 g/mol. The topological polar surface area (TPSA) is 66.1 Å². The van der Waals surface area contributed by atoms with Gasteiger partial charge in [-0.3, -0.25) is 0 Å². The molecule has 0 radical (unpaired) electrons. The van der Waals surface area contributed by atoms with E-state index in [1.165, 1.54) is 18.4 Å². The van der Waals surface area contributed by atoms with Crippen molar-refractivity contribution < 1.29 is 9.84 Å². The molecule has 0 aliphatic rings. The zero-order chi connectivity index (χ0) is 15.5. The molecule has 0 amide bonds. The van der Waals surface area contributed by atoms with Crippen molar-refractivity contribution in [2.75, 3.05) is 7.11 Å². The molecule has 0 fully saturated rings. The summed E-state index contributed by atoms with van der Waals surface area (Å²) in [7, 11) is 1.49. The van der Waals surface area contributed by atoms with E-state index >= 15 is 0 Å². The van der Waals surface area contributed by atoms with Gasteiger partial charge in [-0.1, -0.05) is 18.2 Å². The molecule has 0 unspecified atom stereocenters. The third kappa shape index (κ3) is 2.65. The van der Waals surface area contributed by atoms with Crippen molar-refractivity contribution in [3.05, 3.63) is 53.0 Å². The molecule has 0 spiro atoms. The van der Waals surface area contributed by atoms with Crippen LogP contribution in [0.4, 0.5) is 0 Å². The Morgan fingerprint density at radius 3 is 2.82 bits per heavy atom. The third-order valence-corrected chi connectivity index (χ3v) is 4.23. The molecule has 2 aromatic carbocycles. The molecule has 3 rings (SSSR count). The number of benzene rings is 2. The molecule has 1 heterocycles. The van der Waals surface area contributed by atoms with Crippen LogP contribution in [-0.4, -0.2) is 17.2 Å². The Morgan fingerprint density at radius 1 is 1.32 bits per heavy atom. The predicted octanol–water partition coefficient (Wildman–Crippen LogP) is 4.07. The highest BCUT2D eigenvalue weighted by Gasteiger charge is 2.09. The number of fused-ring (bicyclic) bond motifs is 1. The molecule has 0 saturated heterocycles. The molecule has 3 aromatic rings. The molecule has 0 aliphatic carbocycles. The molecule has 22 heavy (non-hydrogen) atoms. The maximum atomic E-state index is 9.81. The number of rotatable bonds is 3. The summed E-state index contributed by atoms with van der Waals surface area (Å²) in [5.41, 5.74) is 2.06. The Kier molecular flexibility index (Phi) is 3.77. The Bertz CT molecular complexity index is 873. The average Bonchev–Trinajstić information content (AvgIpc) is 2.96. The molecule has 1 aromatic heterocycles. The summed E-state index contributed by atoms with van der Waals surface area (Å²) in [5.74, 6) is 0.438.